The second-order valence-electron chi connectivity index (χ2n) is 4.52. The predicted molar refractivity (Wildman–Crippen MR) is 50.0 cm³/mol. The summed E-state index contributed by atoms with van der Waals surface area (Å²) in [5.74, 6) is 0.380. The van der Waals surface area contributed by atoms with Gasteiger partial charge in [-0.25, -0.2) is 8.78 Å². The maximum atomic E-state index is 13.4. The van der Waals surface area contributed by atoms with Crippen LogP contribution in [0.2, 0.25) is 0 Å². The van der Waals surface area contributed by atoms with Crippen LogP contribution in [0.25, 0.3) is 0 Å². The van der Waals surface area contributed by atoms with E-state index >= 15 is 0 Å². The second-order valence-corrected chi connectivity index (χ2v) is 4.52. The minimum atomic E-state index is -0.948. The van der Waals surface area contributed by atoms with Gasteiger partial charge in [-0.2, -0.15) is 0 Å². The summed E-state index contributed by atoms with van der Waals surface area (Å²) >= 11 is 0. The Morgan fingerprint density at radius 1 is 1.38 bits per heavy atom. The Hall–Kier alpha value is -0.180. The molecule has 13 heavy (non-hydrogen) atoms. The van der Waals surface area contributed by atoms with Gasteiger partial charge in [-0.05, 0) is 31.7 Å². The van der Waals surface area contributed by atoms with Crippen LogP contribution < -0.4 is 0 Å². The fraction of sp³-hybridized carbons (Fsp3) is 1.00. The Morgan fingerprint density at radius 2 is 2.00 bits per heavy atom. The normalized spacial score (nSPS) is 36.9. The summed E-state index contributed by atoms with van der Waals surface area (Å²) in [6, 6.07) is 0. The molecular formula is C10H19F2N. The number of likely N-dealkylation sites (tertiary alicyclic amines) is 1. The van der Waals surface area contributed by atoms with Gasteiger partial charge in [-0.1, -0.05) is 13.8 Å². The summed E-state index contributed by atoms with van der Waals surface area (Å²) in [7, 11) is 1.64. The van der Waals surface area contributed by atoms with Crippen LogP contribution in [0.3, 0.4) is 0 Å². The zero-order valence-corrected chi connectivity index (χ0v) is 8.63. The van der Waals surface area contributed by atoms with Gasteiger partial charge in [0.15, 0.2) is 6.30 Å². The molecule has 1 nitrogen and oxygen atoms in total. The van der Waals surface area contributed by atoms with Crippen LogP contribution in [0.4, 0.5) is 8.78 Å². The topological polar surface area (TPSA) is 3.24 Å². The van der Waals surface area contributed by atoms with Gasteiger partial charge in [0, 0.05) is 6.54 Å². The summed E-state index contributed by atoms with van der Waals surface area (Å²) in [5.41, 5.74) is 0. The molecule has 1 saturated heterocycles. The van der Waals surface area contributed by atoms with E-state index < -0.39 is 12.5 Å². The van der Waals surface area contributed by atoms with Gasteiger partial charge in [-0.15, -0.1) is 0 Å². The van der Waals surface area contributed by atoms with E-state index in [-0.39, 0.29) is 12.5 Å². The molecule has 0 N–H and O–H groups in total. The molecule has 78 valence electrons. The number of alkyl halides is 2. The van der Waals surface area contributed by atoms with Crippen LogP contribution in [0, 0.1) is 11.8 Å². The molecule has 0 aromatic carbocycles. The fourth-order valence-electron chi connectivity index (χ4n) is 1.97. The molecule has 1 fully saturated rings. The van der Waals surface area contributed by atoms with Crippen LogP contribution in [-0.4, -0.2) is 31.0 Å². The van der Waals surface area contributed by atoms with Gasteiger partial charge >= 0.3 is 0 Å². The van der Waals surface area contributed by atoms with E-state index in [0.717, 1.165) is 6.42 Å². The Labute approximate surface area is 79.1 Å². The third-order valence-corrected chi connectivity index (χ3v) is 2.72. The molecule has 0 spiro atoms. The van der Waals surface area contributed by atoms with Crippen molar-refractivity contribution in [2.75, 3.05) is 13.6 Å². The molecule has 0 aromatic heterocycles. The monoisotopic (exact) mass is 191 g/mol. The molecule has 0 saturated carbocycles. The van der Waals surface area contributed by atoms with E-state index in [1.54, 1.807) is 7.05 Å². The van der Waals surface area contributed by atoms with Gasteiger partial charge in [0.25, 0.3) is 0 Å². The van der Waals surface area contributed by atoms with E-state index in [2.05, 4.69) is 13.8 Å². The molecule has 3 atom stereocenters. The molecule has 3 heteroatoms. The lowest BCUT2D eigenvalue weighted by atomic mass is 9.87. The summed E-state index contributed by atoms with van der Waals surface area (Å²) < 4.78 is 26.6. The lowest BCUT2D eigenvalue weighted by Gasteiger charge is -2.35. The Balaban J connectivity index is 2.46. The van der Waals surface area contributed by atoms with E-state index in [1.165, 1.54) is 4.90 Å². The fourth-order valence-corrected chi connectivity index (χ4v) is 1.97. The van der Waals surface area contributed by atoms with Crippen molar-refractivity contribution >= 4 is 0 Å². The van der Waals surface area contributed by atoms with Crippen LogP contribution in [0.1, 0.15) is 26.7 Å². The number of rotatable bonds is 2. The molecule has 1 aliphatic heterocycles. The maximum Gasteiger partial charge on any atom is 0.153 e. The number of hydrogen-bond acceptors (Lipinski definition) is 1. The van der Waals surface area contributed by atoms with Crippen molar-refractivity contribution < 1.29 is 8.78 Å². The van der Waals surface area contributed by atoms with Gasteiger partial charge in [0.1, 0.15) is 6.17 Å². The molecule has 0 amide bonds. The van der Waals surface area contributed by atoms with Crippen molar-refractivity contribution in [1.82, 2.24) is 4.90 Å². The highest BCUT2D eigenvalue weighted by atomic mass is 19.1. The maximum absolute atomic E-state index is 13.4. The third kappa shape index (κ3) is 2.90. The first-order valence-corrected chi connectivity index (χ1v) is 4.99. The predicted octanol–water partition coefficient (Wildman–Crippen LogP) is 2.62. The lowest BCUT2D eigenvalue weighted by molar-refractivity contribution is -0.0125. The van der Waals surface area contributed by atoms with Crippen molar-refractivity contribution in [3.63, 3.8) is 0 Å². The average Bonchev–Trinajstić information content (AvgIpc) is 1.99. The number of halogens is 2. The molecule has 0 bridgehead atoms. The summed E-state index contributed by atoms with van der Waals surface area (Å²) in [4.78, 5) is 1.46. The molecule has 0 aliphatic carbocycles. The third-order valence-electron chi connectivity index (χ3n) is 2.72. The molecule has 1 rings (SSSR count). The van der Waals surface area contributed by atoms with Crippen molar-refractivity contribution in [3.05, 3.63) is 0 Å². The van der Waals surface area contributed by atoms with E-state index in [1.807, 2.05) is 0 Å². The lowest BCUT2D eigenvalue weighted by Crippen LogP contribution is -2.44. The Bertz CT molecular complexity index is 161. The smallest absolute Gasteiger partial charge is 0.153 e. The van der Waals surface area contributed by atoms with Crippen molar-refractivity contribution in [2.24, 2.45) is 11.8 Å². The first-order valence-electron chi connectivity index (χ1n) is 4.99. The minimum absolute atomic E-state index is 0.0776. The Morgan fingerprint density at radius 3 is 2.54 bits per heavy atom. The highest BCUT2D eigenvalue weighted by molar-refractivity contribution is 4.81. The molecule has 0 radical (unpaired) electrons. The first kappa shape index (κ1) is 10.9. The number of piperidine rings is 1. The van der Waals surface area contributed by atoms with Crippen molar-refractivity contribution in [2.45, 2.75) is 39.2 Å². The van der Waals surface area contributed by atoms with E-state index in [9.17, 15) is 8.78 Å². The van der Waals surface area contributed by atoms with Crippen molar-refractivity contribution in [3.8, 4) is 0 Å². The zero-order chi connectivity index (χ0) is 10.0. The van der Waals surface area contributed by atoms with E-state index in [4.69, 9.17) is 0 Å². The highest BCUT2D eigenvalue weighted by Gasteiger charge is 2.33. The summed E-state index contributed by atoms with van der Waals surface area (Å²) in [6.45, 7) is 4.36. The van der Waals surface area contributed by atoms with E-state index in [0.29, 0.717) is 12.3 Å². The number of nitrogens with zero attached hydrogens (tertiary/aromatic N) is 1. The first-order chi connectivity index (χ1) is 6.00. The van der Waals surface area contributed by atoms with Gasteiger partial charge in [0.2, 0.25) is 0 Å². The largest absolute Gasteiger partial charge is 0.274 e. The van der Waals surface area contributed by atoms with Gasteiger partial charge in [0.05, 0.1) is 0 Å². The molecule has 3 unspecified atom stereocenters. The van der Waals surface area contributed by atoms with Crippen LogP contribution in [-0.2, 0) is 0 Å². The average molecular weight is 191 g/mol. The van der Waals surface area contributed by atoms with Crippen LogP contribution in [0.5, 0.6) is 0 Å². The van der Waals surface area contributed by atoms with Crippen molar-refractivity contribution in [1.29, 1.82) is 0 Å². The van der Waals surface area contributed by atoms with Crippen LogP contribution in [0.15, 0.2) is 0 Å². The quantitative estimate of drug-likeness (QED) is 0.606. The molecule has 1 heterocycles. The zero-order valence-electron chi connectivity index (χ0n) is 8.63. The SMILES string of the molecule is CC(C)CC1CC(F)N(C)CC1F. The molecular weight excluding hydrogens is 172 g/mol. The molecule has 1 aliphatic rings. The number of hydrogen-bond donors (Lipinski definition) is 0. The minimum Gasteiger partial charge on any atom is -0.274 e. The standard InChI is InChI=1S/C10H19F2N/c1-7(2)4-8-5-10(12)13(3)6-9(8)11/h7-10H,4-6H2,1-3H3. The summed E-state index contributed by atoms with van der Waals surface area (Å²) in [5, 5.41) is 0. The van der Waals surface area contributed by atoms with Gasteiger partial charge < -0.3 is 0 Å². The highest BCUT2D eigenvalue weighted by Crippen LogP contribution is 2.29. The van der Waals surface area contributed by atoms with Crippen LogP contribution >= 0.6 is 0 Å². The van der Waals surface area contributed by atoms with Gasteiger partial charge in [-0.3, -0.25) is 4.90 Å². The second kappa shape index (κ2) is 4.36. The summed E-state index contributed by atoms with van der Waals surface area (Å²) in [6.07, 6.45) is -0.638. The molecule has 0 aromatic rings. The Kier molecular flexibility index (Phi) is 3.65.